The number of carbonyl (C=O) groups excluding carboxylic acids is 1. The molecule has 142 valence electrons. The number of benzene rings is 1. The summed E-state index contributed by atoms with van der Waals surface area (Å²) >= 11 is 0. The summed E-state index contributed by atoms with van der Waals surface area (Å²) < 4.78 is 17.2. The second kappa shape index (κ2) is 6.86. The maximum absolute atomic E-state index is 12.9. The molecule has 1 aromatic rings. The first-order valence-corrected chi connectivity index (χ1v) is 9.72. The number of hydrogen-bond acceptors (Lipinski definition) is 4. The molecule has 0 spiro atoms. The van der Waals surface area contributed by atoms with Crippen LogP contribution in [-0.4, -0.2) is 44.0 Å². The number of methoxy groups -OCH3 is 1. The van der Waals surface area contributed by atoms with Gasteiger partial charge < -0.3 is 19.5 Å². The second-order valence-electron chi connectivity index (χ2n) is 8.30. The third kappa shape index (κ3) is 3.12. The van der Waals surface area contributed by atoms with Gasteiger partial charge in [0.05, 0.1) is 12.7 Å². The van der Waals surface area contributed by atoms with Crippen molar-refractivity contribution in [3.05, 3.63) is 29.3 Å². The van der Waals surface area contributed by atoms with Crippen LogP contribution in [0.15, 0.2) is 18.2 Å². The highest BCUT2D eigenvalue weighted by Gasteiger charge is 2.55. The van der Waals surface area contributed by atoms with Crippen LogP contribution in [0.2, 0.25) is 0 Å². The number of carbonyl (C=O) groups is 1. The molecular weight excluding hydrogens is 330 g/mol. The summed E-state index contributed by atoms with van der Waals surface area (Å²) in [6.07, 6.45) is 4.68. The van der Waals surface area contributed by atoms with Gasteiger partial charge in [0.2, 0.25) is 0 Å². The van der Waals surface area contributed by atoms with Crippen molar-refractivity contribution in [1.82, 2.24) is 5.32 Å². The summed E-state index contributed by atoms with van der Waals surface area (Å²) in [5, 5.41) is 3.21. The number of aryl methyl sites for hydroxylation is 2. The van der Waals surface area contributed by atoms with Crippen molar-refractivity contribution in [3.63, 3.8) is 0 Å². The molecule has 1 aromatic carbocycles. The summed E-state index contributed by atoms with van der Waals surface area (Å²) in [4.78, 5) is 12.9. The van der Waals surface area contributed by atoms with Gasteiger partial charge in [0.25, 0.3) is 5.91 Å². The van der Waals surface area contributed by atoms with E-state index < -0.39 is 5.60 Å². The smallest absolute Gasteiger partial charge is 0.263 e. The summed E-state index contributed by atoms with van der Waals surface area (Å²) in [6.45, 7) is 5.06. The molecule has 5 heteroatoms. The van der Waals surface area contributed by atoms with E-state index >= 15 is 0 Å². The Labute approximate surface area is 155 Å². The average Bonchev–Trinajstić information content (AvgIpc) is 3.23. The van der Waals surface area contributed by atoms with E-state index in [1.54, 1.807) is 7.11 Å². The van der Waals surface area contributed by atoms with E-state index in [2.05, 4.69) is 17.4 Å². The van der Waals surface area contributed by atoms with Crippen molar-refractivity contribution in [3.8, 4) is 5.75 Å². The van der Waals surface area contributed by atoms with Crippen molar-refractivity contribution >= 4 is 5.91 Å². The number of hydrogen-bond donors (Lipinski definition) is 1. The Bertz CT molecular complexity index is 687. The number of nitrogens with one attached hydrogen (secondary N) is 1. The van der Waals surface area contributed by atoms with Crippen molar-refractivity contribution in [2.75, 3.05) is 20.3 Å². The molecule has 0 bridgehead atoms. The van der Waals surface area contributed by atoms with Crippen LogP contribution in [0.4, 0.5) is 0 Å². The van der Waals surface area contributed by atoms with Gasteiger partial charge in [0, 0.05) is 31.6 Å². The van der Waals surface area contributed by atoms with Crippen LogP contribution in [0.3, 0.4) is 0 Å². The Morgan fingerprint density at radius 1 is 1.31 bits per heavy atom. The summed E-state index contributed by atoms with van der Waals surface area (Å²) in [5.41, 5.74) is 1.84. The molecule has 1 aliphatic heterocycles. The minimum absolute atomic E-state index is 0.0746. The summed E-state index contributed by atoms with van der Waals surface area (Å²) in [6, 6.07) is 6.32. The van der Waals surface area contributed by atoms with Gasteiger partial charge in [-0.3, -0.25) is 4.79 Å². The predicted octanol–water partition coefficient (Wildman–Crippen LogP) is 2.50. The molecule has 26 heavy (non-hydrogen) atoms. The Balaban J connectivity index is 1.41. The molecule has 1 amide bonds. The fourth-order valence-electron chi connectivity index (χ4n) is 4.71. The zero-order chi connectivity index (χ0) is 18.3. The lowest BCUT2D eigenvalue weighted by molar-refractivity contribution is -0.142. The van der Waals surface area contributed by atoms with E-state index in [1.807, 2.05) is 19.9 Å². The van der Waals surface area contributed by atoms with Crippen molar-refractivity contribution in [1.29, 1.82) is 0 Å². The molecule has 1 N–H and O–H groups in total. The van der Waals surface area contributed by atoms with Crippen LogP contribution in [-0.2, 0) is 27.1 Å². The van der Waals surface area contributed by atoms with E-state index in [1.165, 1.54) is 17.5 Å². The fraction of sp³-hybridized carbons (Fsp3) is 0.667. The minimum Gasteiger partial charge on any atom is -0.478 e. The van der Waals surface area contributed by atoms with Gasteiger partial charge in [-0.25, -0.2) is 0 Å². The zero-order valence-corrected chi connectivity index (χ0v) is 15.9. The lowest BCUT2D eigenvalue weighted by Crippen LogP contribution is -2.65. The number of fused-ring (bicyclic) bond motifs is 2. The lowest BCUT2D eigenvalue weighted by Gasteiger charge is -2.48. The average molecular weight is 359 g/mol. The van der Waals surface area contributed by atoms with E-state index in [0.717, 1.165) is 31.6 Å². The molecule has 1 heterocycles. The summed E-state index contributed by atoms with van der Waals surface area (Å²) in [5.74, 6) is 1.33. The van der Waals surface area contributed by atoms with Gasteiger partial charge in [0.1, 0.15) is 5.75 Å². The molecule has 3 aliphatic rings. The largest absolute Gasteiger partial charge is 0.478 e. The third-order valence-electron chi connectivity index (χ3n) is 6.17. The highest BCUT2D eigenvalue weighted by atomic mass is 16.5. The quantitative estimate of drug-likeness (QED) is 0.848. The first-order chi connectivity index (χ1) is 12.5. The molecular formula is C21H29NO4. The van der Waals surface area contributed by atoms with Crippen LogP contribution in [0.25, 0.3) is 0 Å². The van der Waals surface area contributed by atoms with Crippen LogP contribution >= 0.6 is 0 Å². The fourth-order valence-corrected chi connectivity index (χ4v) is 4.71. The highest BCUT2D eigenvalue weighted by molar-refractivity contribution is 5.85. The van der Waals surface area contributed by atoms with Gasteiger partial charge in [-0.05, 0) is 62.8 Å². The predicted molar refractivity (Wildman–Crippen MR) is 98.3 cm³/mol. The molecule has 5 nitrogen and oxygen atoms in total. The number of ether oxygens (including phenoxy) is 3. The summed E-state index contributed by atoms with van der Waals surface area (Å²) in [7, 11) is 1.70. The topological polar surface area (TPSA) is 56.8 Å². The Kier molecular flexibility index (Phi) is 4.70. The molecule has 0 aromatic heterocycles. The lowest BCUT2D eigenvalue weighted by atomic mass is 9.67. The van der Waals surface area contributed by atoms with Crippen molar-refractivity contribution in [2.45, 2.75) is 57.3 Å². The second-order valence-corrected chi connectivity index (χ2v) is 8.30. The zero-order valence-electron chi connectivity index (χ0n) is 15.9. The number of rotatable bonds is 6. The van der Waals surface area contributed by atoms with Crippen LogP contribution < -0.4 is 10.1 Å². The Morgan fingerprint density at radius 3 is 2.92 bits per heavy atom. The van der Waals surface area contributed by atoms with E-state index in [0.29, 0.717) is 12.5 Å². The molecule has 1 saturated carbocycles. The normalized spacial score (nSPS) is 29.7. The van der Waals surface area contributed by atoms with Gasteiger partial charge >= 0.3 is 0 Å². The molecule has 4 atom stereocenters. The number of amides is 1. The van der Waals surface area contributed by atoms with Crippen molar-refractivity contribution < 1.29 is 19.0 Å². The van der Waals surface area contributed by atoms with Gasteiger partial charge in [0.15, 0.2) is 5.60 Å². The molecule has 0 unspecified atom stereocenters. The Hall–Kier alpha value is -1.59. The van der Waals surface area contributed by atoms with Crippen LogP contribution in [0.5, 0.6) is 5.75 Å². The Morgan fingerprint density at radius 2 is 2.12 bits per heavy atom. The first kappa shape index (κ1) is 17.8. The van der Waals surface area contributed by atoms with Crippen LogP contribution in [0.1, 0.15) is 37.8 Å². The van der Waals surface area contributed by atoms with E-state index in [9.17, 15) is 4.79 Å². The van der Waals surface area contributed by atoms with Gasteiger partial charge in [-0.2, -0.15) is 0 Å². The van der Waals surface area contributed by atoms with E-state index in [-0.39, 0.29) is 24.0 Å². The molecule has 4 rings (SSSR count). The molecule has 2 fully saturated rings. The third-order valence-corrected chi connectivity index (χ3v) is 6.17. The minimum atomic E-state index is -0.922. The SMILES string of the molecule is COC[C@@H]1[C@H](NC(=O)C(C)(C)Oc2ccc3c(c2)CCC3)[C@@H]2CCO[C@H]12. The maximum atomic E-state index is 12.9. The molecule has 2 aliphatic carbocycles. The van der Waals surface area contributed by atoms with E-state index in [4.69, 9.17) is 14.2 Å². The molecule has 1 saturated heterocycles. The first-order valence-electron chi connectivity index (χ1n) is 9.72. The monoisotopic (exact) mass is 359 g/mol. The molecule has 0 radical (unpaired) electrons. The maximum Gasteiger partial charge on any atom is 0.263 e. The van der Waals surface area contributed by atoms with Gasteiger partial charge in [-0.15, -0.1) is 0 Å². The highest BCUT2D eigenvalue weighted by Crippen LogP contribution is 2.44. The van der Waals surface area contributed by atoms with Crippen LogP contribution in [0, 0.1) is 11.8 Å². The van der Waals surface area contributed by atoms with Crippen molar-refractivity contribution in [2.24, 2.45) is 11.8 Å². The van der Waals surface area contributed by atoms with Gasteiger partial charge in [-0.1, -0.05) is 6.07 Å². The standard InChI is InChI=1S/C21H29NO4/c1-21(2,26-15-8-7-13-5-4-6-14(13)11-15)20(23)22-18-16-9-10-25-19(16)17(18)12-24-3/h7-8,11,16-19H,4-6,9-10,12H2,1-3H3,(H,22,23)/t16-,17+,18+,19-/m0/s1.